The smallest absolute Gasteiger partial charge is 0.340 e. The molecule has 12 heteroatoms. The molecule has 26 heavy (non-hydrogen) atoms. The number of nitrogens with zero attached hydrogens (tertiary/aromatic N) is 1. The monoisotopic (exact) mass is 415 g/mol. The first-order chi connectivity index (χ1) is 12.2. The molecule has 0 amide bonds. The van der Waals surface area contributed by atoms with Crippen LogP contribution in [-0.2, 0) is 16.6 Å². The molecule has 0 aliphatic carbocycles. The summed E-state index contributed by atoms with van der Waals surface area (Å²) in [6.45, 7) is -0.167. The number of rotatable bonds is 7. The lowest BCUT2D eigenvalue weighted by molar-refractivity contribution is 0.0698. The number of thiophene rings is 1. The molecule has 0 bridgehead atoms. The Morgan fingerprint density at radius 3 is 2.35 bits per heavy atom. The van der Waals surface area contributed by atoms with Gasteiger partial charge in [0, 0.05) is 16.4 Å². The number of aromatic nitrogens is 1. The van der Waals surface area contributed by atoms with Crippen molar-refractivity contribution in [2.24, 2.45) is 0 Å². The van der Waals surface area contributed by atoms with Crippen molar-refractivity contribution < 1.29 is 18.3 Å². The van der Waals surface area contributed by atoms with Crippen molar-refractivity contribution in [3.05, 3.63) is 66.5 Å². The van der Waals surface area contributed by atoms with Crippen molar-refractivity contribution >= 4 is 43.9 Å². The van der Waals surface area contributed by atoms with Gasteiger partial charge >= 0.3 is 17.1 Å². The number of benzene rings is 1. The van der Waals surface area contributed by atoms with E-state index in [-0.39, 0.29) is 22.0 Å². The third kappa shape index (κ3) is 3.70. The first-order valence-electron chi connectivity index (χ1n) is 6.95. The fraction of sp³-hybridized carbons (Fsp3) is 0.0714. The van der Waals surface area contributed by atoms with Crippen LogP contribution in [0.5, 0.6) is 0 Å². The summed E-state index contributed by atoms with van der Waals surface area (Å²) in [5, 5.41) is 9.65. The second-order valence-corrected chi connectivity index (χ2v) is 8.44. The fourth-order valence-electron chi connectivity index (χ4n) is 1.97. The van der Waals surface area contributed by atoms with Crippen LogP contribution in [-0.4, -0.2) is 24.2 Å². The summed E-state index contributed by atoms with van der Waals surface area (Å²) in [4.78, 5) is 33.7. The van der Waals surface area contributed by atoms with E-state index >= 15 is 0 Å². The molecule has 0 radical (unpaired) electrons. The summed E-state index contributed by atoms with van der Waals surface area (Å²) in [5.74, 6) is -1.28. The highest BCUT2D eigenvalue weighted by atomic mass is 35.5. The van der Waals surface area contributed by atoms with E-state index in [4.69, 9.17) is 11.6 Å². The summed E-state index contributed by atoms with van der Waals surface area (Å²) in [5.41, 5.74) is 0.667. The van der Waals surface area contributed by atoms with Gasteiger partial charge in [0.2, 0.25) is 10.0 Å². The molecule has 2 aromatic heterocycles. The van der Waals surface area contributed by atoms with Gasteiger partial charge in [-0.15, -0.1) is 11.3 Å². The van der Waals surface area contributed by atoms with Gasteiger partial charge in [0.1, 0.15) is 5.00 Å². The van der Waals surface area contributed by atoms with Crippen LogP contribution >= 0.6 is 22.9 Å². The lowest BCUT2D eigenvalue weighted by Crippen LogP contribution is -2.22. The van der Waals surface area contributed by atoms with Gasteiger partial charge in [-0.1, -0.05) is 11.6 Å². The first-order valence-corrected chi connectivity index (χ1v) is 9.63. The van der Waals surface area contributed by atoms with Crippen LogP contribution in [0.15, 0.2) is 44.8 Å². The number of halogens is 1. The topological polar surface area (TPSA) is 135 Å². The van der Waals surface area contributed by atoms with E-state index in [1.165, 1.54) is 30.3 Å². The molecule has 0 saturated carbocycles. The number of sulfonamides is 1. The van der Waals surface area contributed by atoms with Gasteiger partial charge in [-0.05, 0) is 30.3 Å². The predicted molar refractivity (Wildman–Crippen MR) is 95.1 cm³/mol. The minimum Gasteiger partial charge on any atom is -0.478 e. The summed E-state index contributed by atoms with van der Waals surface area (Å²) in [6, 6.07) is 6.81. The van der Waals surface area contributed by atoms with Gasteiger partial charge in [0.05, 0.1) is 10.5 Å². The molecule has 0 fully saturated rings. The zero-order valence-electron chi connectivity index (χ0n) is 12.7. The molecule has 0 aliphatic heterocycles. The average Bonchev–Trinajstić information content (AvgIpc) is 2.98. The molecule has 0 spiro atoms. The largest absolute Gasteiger partial charge is 0.478 e. The van der Waals surface area contributed by atoms with Gasteiger partial charge < -0.3 is 5.11 Å². The van der Waals surface area contributed by atoms with E-state index < -0.39 is 27.1 Å². The summed E-state index contributed by atoms with van der Waals surface area (Å²) >= 11 is 6.64. The Balaban J connectivity index is 1.78. The van der Waals surface area contributed by atoms with E-state index in [0.29, 0.717) is 14.6 Å². The summed E-state index contributed by atoms with van der Waals surface area (Å²) < 4.78 is 27.5. The molecule has 3 aromatic rings. The molecule has 2 heterocycles. The fourth-order valence-corrected chi connectivity index (χ4v) is 4.17. The number of carbonyl (C=O) groups is 1. The number of anilines is 1. The van der Waals surface area contributed by atoms with Gasteiger partial charge in [-0.3, -0.25) is 15.0 Å². The van der Waals surface area contributed by atoms with Crippen molar-refractivity contribution in [3.63, 3.8) is 0 Å². The van der Waals surface area contributed by atoms with Crippen LogP contribution in [0.2, 0.25) is 5.02 Å². The maximum absolute atomic E-state index is 12.2. The second-order valence-electron chi connectivity index (χ2n) is 5.10. The Kier molecular flexibility index (Phi) is 4.71. The Morgan fingerprint density at radius 2 is 1.81 bits per heavy atom. The SMILES string of the molecule is O=C(O)c1cc(CNS(=O)(=O)c2ccc(Cl)cc2)sc1Nn1c(=O)c1=O. The van der Waals surface area contributed by atoms with Gasteiger partial charge in [-0.25, -0.2) is 17.9 Å². The highest BCUT2D eigenvalue weighted by Gasteiger charge is 2.22. The average molecular weight is 416 g/mol. The number of carboxylic acid groups (broad SMARTS) is 1. The number of nitrogens with one attached hydrogen (secondary N) is 2. The van der Waals surface area contributed by atoms with Crippen LogP contribution in [0, 0.1) is 0 Å². The quantitative estimate of drug-likeness (QED) is 0.487. The number of hydrogen-bond donors (Lipinski definition) is 3. The van der Waals surface area contributed by atoms with Crippen LogP contribution in [0.4, 0.5) is 5.00 Å². The highest BCUT2D eigenvalue weighted by Crippen LogP contribution is 2.28. The van der Waals surface area contributed by atoms with Crippen molar-refractivity contribution in [2.45, 2.75) is 11.4 Å². The van der Waals surface area contributed by atoms with Crippen LogP contribution < -0.4 is 21.3 Å². The molecule has 0 atom stereocenters. The maximum Gasteiger partial charge on any atom is 0.340 e. The van der Waals surface area contributed by atoms with E-state index in [2.05, 4.69) is 10.1 Å². The highest BCUT2D eigenvalue weighted by molar-refractivity contribution is 7.89. The van der Waals surface area contributed by atoms with Crippen molar-refractivity contribution in [3.8, 4) is 0 Å². The molecular formula is C14H10ClN3O6S2. The molecule has 0 saturated heterocycles. The number of hydrogen-bond acceptors (Lipinski definition) is 7. The van der Waals surface area contributed by atoms with Gasteiger partial charge in [0.15, 0.2) is 0 Å². The Morgan fingerprint density at radius 1 is 1.19 bits per heavy atom. The standard InChI is InChI=1S/C14H10ClN3O6S2/c15-7-1-3-9(4-2-7)26(23,24)16-6-8-5-10(14(21)22)11(25-8)17-18-12(19)13(18)20/h1-5,16-17H,6H2,(H,21,22). The molecule has 1 aromatic carbocycles. The van der Waals surface area contributed by atoms with E-state index in [9.17, 15) is 27.9 Å². The molecule has 3 N–H and O–H groups in total. The number of carboxylic acids is 1. The molecule has 136 valence electrons. The minimum atomic E-state index is -3.82. The normalized spacial score (nSPS) is 11.7. The maximum atomic E-state index is 12.2. The lowest BCUT2D eigenvalue weighted by atomic mass is 10.3. The van der Waals surface area contributed by atoms with Crippen molar-refractivity contribution in [2.75, 3.05) is 5.43 Å². The summed E-state index contributed by atoms with van der Waals surface area (Å²) in [7, 11) is -3.82. The zero-order chi connectivity index (χ0) is 19.1. The molecule has 0 unspecified atom stereocenters. The molecule has 0 aliphatic rings. The first kappa shape index (κ1) is 18.3. The van der Waals surface area contributed by atoms with E-state index in [1.807, 2.05) is 0 Å². The van der Waals surface area contributed by atoms with Crippen LogP contribution in [0.3, 0.4) is 0 Å². The van der Waals surface area contributed by atoms with Gasteiger partial charge in [-0.2, -0.15) is 4.68 Å². The molecule has 9 nitrogen and oxygen atoms in total. The Hall–Kier alpha value is -2.47. The van der Waals surface area contributed by atoms with E-state index in [1.54, 1.807) is 0 Å². The van der Waals surface area contributed by atoms with Crippen molar-refractivity contribution in [1.29, 1.82) is 0 Å². The third-order valence-corrected chi connectivity index (χ3v) is 6.04. The number of aromatic carboxylic acids is 1. The van der Waals surface area contributed by atoms with Gasteiger partial charge in [0.25, 0.3) is 0 Å². The Bertz CT molecular complexity index is 1130. The van der Waals surface area contributed by atoms with Crippen LogP contribution in [0.25, 0.3) is 0 Å². The lowest BCUT2D eigenvalue weighted by Gasteiger charge is -2.05. The third-order valence-electron chi connectivity index (χ3n) is 3.33. The molecular weight excluding hydrogens is 406 g/mol. The minimum absolute atomic E-state index is 0.00977. The van der Waals surface area contributed by atoms with E-state index in [0.717, 1.165) is 11.3 Å². The molecule has 3 rings (SSSR count). The zero-order valence-corrected chi connectivity index (χ0v) is 15.1. The second kappa shape index (κ2) is 6.68. The predicted octanol–water partition coefficient (Wildman–Crippen LogP) is 0.851. The summed E-state index contributed by atoms with van der Waals surface area (Å²) in [6.07, 6.45) is 0. The van der Waals surface area contributed by atoms with Crippen LogP contribution in [0.1, 0.15) is 15.2 Å². The Labute approximate surface area is 155 Å². The van der Waals surface area contributed by atoms with Crippen molar-refractivity contribution in [1.82, 2.24) is 9.40 Å².